The second kappa shape index (κ2) is 36.3. The van der Waals surface area contributed by atoms with Crippen LogP contribution in [0.3, 0.4) is 0 Å². The van der Waals surface area contributed by atoms with Gasteiger partial charge in [-0.2, -0.15) is 0 Å². The highest BCUT2D eigenvalue weighted by molar-refractivity contribution is 7.47. The van der Waals surface area contributed by atoms with E-state index in [2.05, 4.69) is 30.5 Å². The predicted molar refractivity (Wildman–Crippen MR) is 216 cm³/mol. The van der Waals surface area contributed by atoms with Gasteiger partial charge in [0, 0.05) is 12.8 Å². The Morgan fingerprint density at radius 3 is 1.91 bits per heavy atom. The third-order valence-electron chi connectivity index (χ3n) is 8.19. The molecule has 12 heteroatoms. The number of unbranched alkanes of at least 4 members (excludes halogenated alkanes) is 10. The van der Waals surface area contributed by atoms with Gasteiger partial charge in [0.1, 0.15) is 12.7 Å². The molecule has 0 spiro atoms. The summed E-state index contributed by atoms with van der Waals surface area (Å²) in [5.74, 6) is -0.245. The summed E-state index contributed by atoms with van der Waals surface area (Å²) < 4.78 is 32.6. The number of allylic oxidation sites excluding steroid dienone is 8. The van der Waals surface area contributed by atoms with E-state index in [1.807, 2.05) is 49.5 Å². The average molecular weight is 785 g/mol. The number of ether oxygens (including phenoxy) is 2. The number of carbonyl (C=O) groups is 2. The molecule has 0 heterocycles. The zero-order valence-corrected chi connectivity index (χ0v) is 34.3. The molecule has 4 N–H and O–H groups in total. The number of aliphatic hydroxyl groups is 3. The Morgan fingerprint density at radius 1 is 0.685 bits per heavy atom. The van der Waals surface area contributed by atoms with Crippen molar-refractivity contribution in [2.45, 2.75) is 161 Å². The van der Waals surface area contributed by atoms with Crippen molar-refractivity contribution in [3.05, 3.63) is 60.8 Å². The van der Waals surface area contributed by atoms with E-state index >= 15 is 0 Å². The minimum Gasteiger partial charge on any atom is -0.462 e. The van der Waals surface area contributed by atoms with Crippen LogP contribution in [0.5, 0.6) is 0 Å². The molecule has 2 unspecified atom stereocenters. The van der Waals surface area contributed by atoms with Crippen molar-refractivity contribution in [3.63, 3.8) is 0 Å². The van der Waals surface area contributed by atoms with Crippen LogP contribution in [0.4, 0.5) is 0 Å². The summed E-state index contributed by atoms with van der Waals surface area (Å²) in [5.41, 5.74) is 0. The van der Waals surface area contributed by atoms with E-state index in [4.69, 9.17) is 19.1 Å². The number of carbonyl (C=O) groups excluding carboxylic acids is 2. The monoisotopic (exact) mass is 784 g/mol. The fraction of sp³-hybridized carbons (Fsp3) is 0.714. The SMILES string of the molecule is CC/C=C\C(O)C/C=C/C=C\C/C=C\C/C=C\CCCC(=O)OC[C@H](COP(=O)(O)OC[C@@H](O)CO)OC(=O)CCCCCCCCCCCCC(C)C. The lowest BCUT2D eigenvalue weighted by molar-refractivity contribution is -0.161. The average Bonchev–Trinajstić information content (AvgIpc) is 3.14. The number of hydrogen-bond acceptors (Lipinski definition) is 10. The summed E-state index contributed by atoms with van der Waals surface area (Å²) in [6, 6.07) is 0. The van der Waals surface area contributed by atoms with Crippen LogP contribution in [-0.4, -0.2) is 76.9 Å². The molecule has 312 valence electrons. The third-order valence-corrected chi connectivity index (χ3v) is 9.14. The van der Waals surface area contributed by atoms with Crippen molar-refractivity contribution in [3.8, 4) is 0 Å². The van der Waals surface area contributed by atoms with Crippen LogP contribution in [0.1, 0.15) is 143 Å². The lowest BCUT2D eigenvalue weighted by Crippen LogP contribution is -2.29. The van der Waals surface area contributed by atoms with Gasteiger partial charge >= 0.3 is 19.8 Å². The molecule has 0 fully saturated rings. The van der Waals surface area contributed by atoms with Gasteiger partial charge in [-0.15, -0.1) is 0 Å². The molecule has 0 aromatic rings. The highest BCUT2D eigenvalue weighted by atomic mass is 31.2. The lowest BCUT2D eigenvalue weighted by Gasteiger charge is -2.20. The molecule has 11 nitrogen and oxygen atoms in total. The molecule has 0 aromatic heterocycles. The zero-order valence-electron chi connectivity index (χ0n) is 33.4. The van der Waals surface area contributed by atoms with Crippen LogP contribution in [0.15, 0.2) is 60.8 Å². The molecule has 0 amide bonds. The summed E-state index contributed by atoms with van der Waals surface area (Å²) in [6.07, 6.45) is 34.0. The maximum atomic E-state index is 12.6. The van der Waals surface area contributed by atoms with Gasteiger partial charge < -0.3 is 29.7 Å². The van der Waals surface area contributed by atoms with Crippen molar-refractivity contribution in [2.75, 3.05) is 26.4 Å². The van der Waals surface area contributed by atoms with E-state index in [1.54, 1.807) is 6.08 Å². The van der Waals surface area contributed by atoms with Crippen LogP contribution in [0.25, 0.3) is 0 Å². The Balaban J connectivity index is 4.47. The van der Waals surface area contributed by atoms with Crippen LogP contribution in [0.2, 0.25) is 0 Å². The van der Waals surface area contributed by atoms with Crippen molar-refractivity contribution < 1.29 is 52.9 Å². The highest BCUT2D eigenvalue weighted by Gasteiger charge is 2.27. The van der Waals surface area contributed by atoms with Crippen molar-refractivity contribution in [1.82, 2.24) is 0 Å². The Labute approximate surface area is 326 Å². The van der Waals surface area contributed by atoms with Gasteiger partial charge in [-0.25, -0.2) is 4.57 Å². The van der Waals surface area contributed by atoms with Gasteiger partial charge in [-0.3, -0.25) is 18.6 Å². The topological polar surface area (TPSA) is 169 Å². The summed E-state index contributed by atoms with van der Waals surface area (Å²) in [7, 11) is -4.64. The largest absolute Gasteiger partial charge is 0.472 e. The third kappa shape index (κ3) is 36.6. The van der Waals surface area contributed by atoms with Gasteiger partial charge in [0.25, 0.3) is 0 Å². The first-order valence-electron chi connectivity index (χ1n) is 20.2. The molecule has 0 aliphatic heterocycles. The molecule has 0 aliphatic carbocycles. The van der Waals surface area contributed by atoms with Crippen LogP contribution in [0, 0.1) is 5.92 Å². The molecule has 0 rings (SSSR count). The fourth-order valence-corrected chi connectivity index (χ4v) is 5.85. The fourth-order valence-electron chi connectivity index (χ4n) is 5.06. The molecular formula is C42H73O11P. The number of rotatable bonds is 36. The van der Waals surface area contributed by atoms with Crippen LogP contribution >= 0.6 is 7.82 Å². The number of phosphoric ester groups is 1. The molecule has 0 radical (unpaired) electrons. The van der Waals surface area contributed by atoms with E-state index in [9.17, 15) is 29.3 Å². The summed E-state index contributed by atoms with van der Waals surface area (Å²) in [5, 5.41) is 28.0. The van der Waals surface area contributed by atoms with Gasteiger partial charge in [0.2, 0.25) is 0 Å². The van der Waals surface area contributed by atoms with E-state index in [0.717, 1.165) is 44.4 Å². The Kier molecular flexibility index (Phi) is 34.7. The number of hydrogen-bond donors (Lipinski definition) is 4. The first-order valence-corrected chi connectivity index (χ1v) is 21.7. The minimum absolute atomic E-state index is 0.144. The van der Waals surface area contributed by atoms with E-state index in [-0.39, 0.29) is 19.4 Å². The summed E-state index contributed by atoms with van der Waals surface area (Å²) in [6.45, 7) is 4.34. The van der Waals surface area contributed by atoms with Crippen LogP contribution in [-0.2, 0) is 32.7 Å². The van der Waals surface area contributed by atoms with Crippen molar-refractivity contribution in [2.24, 2.45) is 5.92 Å². The predicted octanol–water partition coefficient (Wildman–Crippen LogP) is 9.16. The molecule has 0 saturated carbocycles. The van der Waals surface area contributed by atoms with E-state index in [0.29, 0.717) is 25.7 Å². The summed E-state index contributed by atoms with van der Waals surface area (Å²) in [4.78, 5) is 34.9. The summed E-state index contributed by atoms with van der Waals surface area (Å²) >= 11 is 0. The number of esters is 2. The second-order valence-electron chi connectivity index (χ2n) is 14.0. The maximum absolute atomic E-state index is 12.6. The van der Waals surface area contributed by atoms with Crippen LogP contribution < -0.4 is 0 Å². The molecule has 54 heavy (non-hydrogen) atoms. The van der Waals surface area contributed by atoms with Crippen molar-refractivity contribution >= 4 is 19.8 Å². The molecule has 0 aromatic carbocycles. The van der Waals surface area contributed by atoms with E-state index in [1.165, 1.54) is 44.9 Å². The second-order valence-corrected chi connectivity index (χ2v) is 15.4. The number of phosphoric acid groups is 1. The van der Waals surface area contributed by atoms with Gasteiger partial charge in [0.05, 0.1) is 25.9 Å². The van der Waals surface area contributed by atoms with E-state index < -0.39 is 57.9 Å². The van der Waals surface area contributed by atoms with Gasteiger partial charge in [-0.05, 0) is 50.9 Å². The quantitative estimate of drug-likeness (QED) is 0.0157. The Hall–Kier alpha value is -2.37. The Bertz CT molecular complexity index is 1120. The molecule has 0 saturated heterocycles. The minimum atomic E-state index is -4.64. The smallest absolute Gasteiger partial charge is 0.462 e. The van der Waals surface area contributed by atoms with Gasteiger partial charge in [-0.1, -0.05) is 146 Å². The molecule has 0 aliphatic rings. The Morgan fingerprint density at radius 2 is 1.26 bits per heavy atom. The normalized spacial score (nSPS) is 15.3. The maximum Gasteiger partial charge on any atom is 0.472 e. The molecular weight excluding hydrogens is 711 g/mol. The zero-order chi connectivity index (χ0) is 40.1. The van der Waals surface area contributed by atoms with Crippen molar-refractivity contribution in [1.29, 1.82) is 0 Å². The first-order chi connectivity index (χ1) is 26.0. The van der Waals surface area contributed by atoms with Gasteiger partial charge in [0.15, 0.2) is 6.10 Å². The highest BCUT2D eigenvalue weighted by Crippen LogP contribution is 2.43. The molecule has 0 bridgehead atoms. The lowest BCUT2D eigenvalue weighted by atomic mass is 10.0. The number of aliphatic hydroxyl groups excluding tert-OH is 3. The molecule has 4 atom stereocenters. The standard InChI is InChI=1S/C42H73O11P/c1-4-5-29-38(44)30-25-21-17-13-8-6-7-9-14-18-22-26-31-41(46)50-35-40(36-52-54(48,49)51-34-39(45)33-43)53-42(47)32-27-23-19-15-11-10-12-16-20-24-28-37(2)3/h5-7,13-14,17-18,21,25,29,37-40,43-45H,4,8-12,15-16,19-20,22-24,26-28,30-36H2,1-3H3,(H,48,49)/b7-6-,17-13-,18-14-,25-21+,29-5-/t38?,39-,40+/m0/s1. The first kappa shape index (κ1) is 51.6.